The molecular formula is C21H32N6O6. The summed E-state index contributed by atoms with van der Waals surface area (Å²) in [6.45, 7) is 6.66. The number of ether oxygens (including phenoxy) is 2. The van der Waals surface area contributed by atoms with Crippen molar-refractivity contribution >= 4 is 17.8 Å². The third-order valence-electron chi connectivity index (χ3n) is 5.96. The van der Waals surface area contributed by atoms with E-state index in [9.17, 15) is 24.8 Å². The fraction of sp³-hybridized carbons (Fsp3) is 0.667. The molecule has 6 atom stereocenters. The summed E-state index contributed by atoms with van der Waals surface area (Å²) >= 11 is 0. The minimum absolute atomic E-state index is 0.0594. The number of carbonyl (C=O) groups is 2. The molecular weight excluding hydrogens is 432 g/mol. The smallest absolute Gasteiger partial charge is 0.350 e. The molecule has 1 aromatic rings. The van der Waals surface area contributed by atoms with E-state index in [1.807, 2.05) is 6.07 Å². The molecule has 2 unspecified atom stereocenters. The predicted octanol–water partition coefficient (Wildman–Crippen LogP) is -1.15. The van der Waals surface area contributed by atoms with Crippen molar-refractivity contribution in [2.45, 2.75) is 63.9 Å². The van der Waals surface area contributed by atoms with E-state index < -0.39 is 53.4 Å². The van der Waals surface area contributed by atoms with Crippen molar-refractivity contribution in [2.75, 3.05) is 12.3 Å². The van der Waals surface area contributed by atoms with Crippen molar-refractivity contribution in [3.05, 3.63) is 22.7 Å². The SMILES string of the molecule is CC(C)[C@H](N)C(=O)OC[C@H]1C[C@@](C#N)(n2ccc(N)nc2=O)C(O)C1OC(=O)[C@@H](N)C(C)C. The molecule has 12 nitrogen and oxygen atoms in total. The summed E-state index contributed by atoms with van der Waals surface area (Å²) in [4.78, 5) is 40.9. The molecule has 182 valence electrons. The molecule has 1 heterocycles. The second-order valence-corrected chi connectivity index (χ2v) is 9.02. The van der Waals surface area contributed by atoms with Crippen LogP contribution in [0.1, 0.15) is 34.1 Å². The lowest BCUT2D eigenvalue weighted by atomic mass is 9.95. The minimum Gasteiger partial charge on any atom is -0.464 e. The van der Waals surface area contributed by atoms with Gasteiger partial charge in [-0.3, -0.25) is 14.2 Å². The molecule has 1 aromatic heterocycles. The van der Waals surface area contributed by atoms with Crippen molar-refractivity contribution in [3.63, 3.8) is 0 Å². The number of nitrogens with zero attached hydrogens (tertiary/aromatic N) is 3. The fourth-order valence-electron chi connectivity index (χ4n) is 3.65. The van der Waals surface area contributed by atoms with Crippen LogP contribution < -0.4 is 22.9 Å². The Hall–Kier alpha value is -3.01. The Morgan fingerprint density at radius 2 is 1.85 bits per heavy atom. The first-order valence-corrected chi connectivity index (χ1v) is 10.7. The molecule has 12 heteroatoms. The molecule has 1 fully saturated rings. The third kappa shape index (κ3) is 5.32. The Bertz CT molecular complexity index is 973. The van der Waals surface area contributed by atoms with Crippen molar-refractivity contribution in [1.29, 1.82) is 5.26 Å². The van der Waals surface area contributed by atoms with Gasteiger partial charge in [-0.25, -0.2) is 4.79 Å². The van der Waals surface area contributed by atoms with Crippen LogP contribution in [0.25, 0.3) is 0 Å². The number of nitrogen functional groups attached to an aromatic ring is 1. The van der Waals surface area contributed by atoms with Crippen molar-refractivity contribution in [1.82, 2.24) is 9.55 Å². The molecule has 0 bridgehead atoms. The fourth-order valence-corrected chi connectivity index (χ4v) is 3.65. The van der Waals surface area contributed by atoms with E-state index in [4.69, 9.17) is 26.7 Å². The topological polar surface area (TPSA) is 210 Å². The lowest BCUT2D eigenvalue weighted by molar-refractivity contribution is -0.163. The number of aliphatic hydroxyl groups excluding tert-OH is 1. The van der Waals surface area contributed by atoms with Gasteiger partial charge >= 0.3 is 17.6 Å². The van der Waals surface area contributed by atoms with E-state index in [0.29, 0.717) is 0 Å². The lowest BCUT2D eigenvalue weighted by Crippen LogP contribution is -2.50. The molecule has 1 saturated carbocycles. The number of rotatable bonds is 8. The van der Waals surface area contributed by atoms with E-state index in [1.54, 1.807) is 27.7 Å². The standard InChI is InChI=1S/C21H32N6O6/c1-10(2)14(24)18(29)32-8-12-7-21(9-22,27-6-5-13(23)26-20(27)31)17(28)16(12)33-19(30)15(25)11(3)4/h5-6,10-12,14-17,28H,7-8,24-25H2,1-4H3,(H2,23,26,31)/t12-,14+,15+,16?,17?,21+/m1/s1. The summed E-state index contributed by atoms with van der Waals surface area (Å²) in [7, 11) is 0. The van der Waals surface area contributed by atoms with Gasteiger partial charge in [0.15, 0.2) is 5.54 Å². The number of carbonyl (C=O) groups excluding carboxylic acids is 2. The number of nitrogens with two attached hydrogens (primary N) is 3. The van der Waals surface area contributed by atoms with E-state index in [1.165, 1.54) is 12.3 Å². The summed E-state index contributed by atoms with van der Waals surface area (Å²) in [5.41, 5.74) is 14.5. The number of aliphatic hydroxyl groups is 1. The van der Waals surface area contributed by atoms with Crippen LogP contribution in [0, 0.1) is 29.1 Å². The molecule has 2 rings (SSSR count). The Morgan fingerprint density at radius 3 is 2.36 bits per heavy atom. The van der Waals surface area contributed by atoms with Gasteiger partial charge in [0, 0.05) is 12.1 Å². The highest BCUT2D eigenvalue weighted by molar-refractivity contribution is 5.76. The van der Waals surface area contributed by atoms with Crippen molar-refractivity contribution in [3.8, 4) is 6.07 Å². The van der Waals surface area contributed by atoms with Gasteiger partial charge in [0.05, 0.1) is 12.7 Å². The van der Waals surface area contributed by atoms with E-state index in [-0.39, 0.29) is 30.7 Å². The van der Waals surface area contributed by atoms with Crippen molar-refractivity contribution < 1.29 is 24.2 Å². The first kappa shape index (κ1) is 26.2. The van der Waals surface area contributed by atoms with E-state index >= 15 is 0 Å². The van der Waals surface area contributed by atoms with Crippen LogP contribution in [0.5, 0.6) is 0 Å². The van der Waals surface area contributed by atoms with Crippen LogP contribution >= 0.6 is 0 Å². The Kier molecular flexibility index (Phi) is 8.18. The zero-order valence-corrected chi connectivity index (χ0v) is 19.2. The zero-order chi connectivity index (χ0) is 25.1. The number of esters is 2. The Labute approximate surface area is 191 Å². The van der Waals surface area contributed by atoms with Gasteiger partial charge in [0.25, 0.3) is 0 Å². The number of hydrogen-bond acceptors (Lipinski definition) is 11. The first-order valence-electron chi connectivity index (χ1n) is 10.7. The summed E-state index contributed by atoms with van der Waals surface area (Å²) in [6, 6.07) is 1.41. The highest BCUT2D eigenvalue weighted by Gasteiger charge is 2.58. The third-order valence-corrected chi connectivity index (χ3v) is 5.96. The van der Waals surface area contributed by atoms with Crippen LogP contribution in [0.2, 0.25) is 0 Å². The normalized spacial score (nSPS) is 26.6. The van der Waals surface area contributed by atoms with Crippen LogP contribution in [0.15, 0.2) is 17.1 Å². The van der Waals surface area contributed by atoms with Crippen LogP contribution in [0.3, 0.4) is 0 Å². The van der Waals surface area contributed by atoms with Gasteiger partial charge in [-0.15, -0.1) is 0 Å². The molecule has 0 radical (unpaired) electrons. The highest BCUT2D eigenvalue weighted by Crippen LogP contribution is 2.42. The largest absolute Gasteiger partial charge is 0.464 e. The minimum atomic E-state index is -1.85. The van der Waals surface area contributed by atoms with Gasteiger partial charge in [-0.05, 0) is 24.3 Å². The number of nitriles is 1. The van der Waals surface area contributed by atoms with Gasteiger partial charge in [-0.1, -0.05) is 27.7 Å². The Morgan fingerprint density at radius 1 is 1.27 bits per heavy atom. The van der Waals surface area contributed by atoms with Gasteiger partial charge in [-0.2, -0.15) is 10.2 Å². The van der Waals surface area contributed by atoms with Crippen molar-refractivity contribution in [2.24, 2.45) is 29.2 Å². The molecule has 0 spiro atoms. The summed E-state index contributed by atoms with van der Waals surface area (Å²) in [6.07, 6.45) is -1.86. The van der Waals surface area contributed by atoms with Gasteiger partial charge in [0.1, 0.15) is 30.1 Å². The molecule has 7 N–H and O–H groups in total. The molecule has 1 aliphatic carbocycles. The van der Waals surface area contributed by atoms with Gasteiger partial charge < -0.3 is 31.8 Å². The maximum absolute atomic E-state index is 12.5. The number of anilines is 1. The quantitative estimate of drug-likeness (QED) is 0.337. The van der Waals surface area contributed by atoms with Crippen LogP contribution in [-0.4, -0.2) is 57.5 Å². The monoisotopic (exact) mass is 464 g/mol. The maximum Gasteiger partial charge on any atom is 0.350 e. The first-order chi connectivity index (χ1) is 15.3. The van der Waals surface area contributed by atoms with Crippen LogP contribution in [0.4, 0.5) is 5.82 Å². The number of hydrogen-bond donors (Lipinski definition) is 4. The average molecular weight is 465 g/mol. The Balaban J connectivity index is 2.41. The van der Waals surface area contributed by atoms with Gasteiger partial charge in [0.2, 0.25) is 0 Å². The summed E-state index contributed by atoms with van der Waals surface area (Å²) in [5.74, 6) is -2.78. The van der Waals surface area contributed by atoms with Crippen LogP contribution in [-0.2, 0) is 24.6 Å². The second kappa shape index (κ2) is 10.3. The maximum atomic E-state index is 12.5. The lowest BCUT2D eigenvalue weighted by Gasteiger charge is -2.29. The predicted molar refractivity (Wildman–Crippen MR) is 117 cm³/mol. The molecule has 0 amide bonds. The zero-order valence-electron chi connectivity index (χ0n) is 19.2. The highest BCUT2D eigenvalue weighted by atomic mass is 16.6. The molecule has 0 aromatic carbocycles. The van der Waals surface area contributed by atoms with E-state index in [0.717, 1.165) is 4.57 Å². The molecule has 33 heavy (non-hydrogen) atoms. The second-order valence-electron chi connectivity index (χ2n) is 9.02. The average Bonchev–Trinajstić information content (AvgIpc) is 3.02. The van der Waals surface area contributed by atoms with E-state index in [2.05, 4.69) is 4.98 Å². The molecule has 0 aliphatic heterocycles. The molecule has 0 saturated heterocycles. The molecule has 1 aliphatic rings. The summed E-state index contributed by atoms with van der Waals surface area (Å²) < 4.78 is 11.7. The summed E-state index contributed by atoms with van der Waals surface area (Å²) in [5, 5.41) is 21.1. The number of aromatic nitrogens is 2.